The molecule has 0 amide bonds. The molecule has 1 aliphatic heterocycles. The Morgan fingerprint density at radius 1 is 1.32 bits per heavy atom. The minimum absolute atomic E-state index is 0.155. The molecule has 0 atom stereocenters. The Balaban J connectivity index is 1.78. The van der Waals surface area contributed by atoms with Crippen molar-refractivity contribution >= 4 is 5.96 Å². The predicted octanol–water partition coefficient (Wildman–Crippen LogP) is 2.91. The van der Waals surface area contributed by atoms with Crippen molar-refractivity contribution in [2.45, 2.75) is 51.9 Å². The molecule has 6 nitrogen and oxygen atoms in total. The maximum absolute atomic E-state index is 12.5. The van der Waals surface area contributed by atoms with Gasteiger partial charge in [0, 0.05) is 44.0 Å². The average molecular weight is 401 g/mol. The first-order valence-electron chi connectivity index (χ1n) is 9.74. The summed E-state index contributed by atoms with van der Waals surface area (Å²) in [6, 6.07) is 3.13. The number of guanidine groups is 1. The molecular formula is C19H30F3N5O. The van der Waals surface area contributed by atoms with Gasteiger partial charge in [0.1, 0.15) is 6.61 Å². The lowest BCUT2D eigenvalue weighted by atomic mass is 10.0. The molecule has 0 unspecified atom stereocenters. The topological polar surface area (TPSA) is 61.8 Å². The van der Waals surface area contributed by atoms with E-state index < -0.39 is 11.7 Å². The maximum Gasteiger partial charge on any atom is 0.417 e. The second-order valence-electron chi connectivity index (χ2n) is 7.04. The molecule has 9 heteroatoms. The van der Waals surface area contributed by atoms with Gasteiger partial charge in [0.15, 0.2) is 5.96 Å². The number of likely N-dealkylation sites (tertiary alicyclic amines) is 1. The fourth-order valence-electron chi connectivity index (χ4n) is 3.01. The highest BCUT2D eigenvalue weighted by Gasteiger charge is 2.30. The molecule has 1 aromatic rings. The Labute approximate surface area is 164 Å². The highest BCUT2D eigenvalue weighted by atomic mass is 19.4. The van der Waals surface area contributed by atoms with Crippen LogP contribution in [0.4, 0.5) is 13.2 Å². The lowest BCUT2D eigenvalue weighted by molar-refractivity contribution is -0.137. The molecule has 28 heavy (non-hydrogen) atoms. The summed E-state index contributed by atoms with van der Waals surface area (Å²) >= 11 is 0. The molecule has 0 bridgehead atoms. The first-order chi connectivity index (χ1) is 13.3. The third-order valence-corrected chi connectivity index (χ3v) is 4.62. The van der Waals surface area contributed by atoms with Crippen LogP contribution in [-0.4, -0.2) is 60.7 Å². The Morgan fingerprint density at radius 2 is 2.04 bits per heavy atom. The second kappa shape index (κ2) is 10.5. The van der Waals surface area contributed by atoms with Crippen molar-refractivity contribution in [3.8, 4) is 5.88 Å². The number of halogens is 3. The van der Waals surface area contributed by atoms with Gasteiger partial charge in [0.2, 0.25) is 5.88 Å². The van der Waals surface area contributed by atoms with Crippen LogP contribution in [0.25, 0.3) is 0 Å². The molecule has 0 spiro atoms. The number of aromatic nitrogens is 1. The van der Waals surface area contributed by atoms with Crippen LogP contribution in [0.3, 0.4) is 0 Å². The zero-order valence-corrected chi connectivity index (χ0v) is 16.7. The lowest BCUT2D eigenvalue weighted by Gasteiger charge is -2.35. The number of rotatable bonds is 7. The highest BCUT2D eigenvalue weighted by Crippen LogP contribution is 2.29. The molecule has 1 fully saturated rings. The van der Waals surface area contributed by atoms with Gasteiger partial charge in [-0.2, -0.15) is 13.2 Å². The molecule has 2 heterocycles. The lowest BCUT2D eigenvalue weighted by Crippen LogP contribution is -2.50. The minimum Gasteiger partial charge on any atom is -0.476 e. The van der Waals surface area contributed by atoms with Crippen molar-refractivity contribution < 1.29 is 17.9 Å². The number of ether oxygens (including phenoxy) is 1. The molecule has 0 radical (unpaired) electrons. The number of piperidine rings is 1. The van der Waals surface area contributed by atoms with Crippen molar-refractivity contribution in [3.05, 3.63) is 23.9 Å². The first kappa shape index (κ1) is 22.3. The van der Waals surface area contributed by atoms with E-state index >= 15 is 0 Å². The third kappa shape index (κ3) is 7.18. The van der Waals surface area contributed by atoms with Crippen LogP contribution >= 0.6 is 0 Å². The third-order valence-electron chi connectivity index (χ3n) is 4.62. The van der Waals surface area contributed by atoms with Gasteiger partial charge in [-0.05, 0) is 39.7 Å². The van der Waals surface area contributed by atoms with Crippen LogP contribution in [-0.2, 0) is 6.18 Å². The maximum atomic E-state index is 12.5. The summed E-state index contributed by atoms with van der Waals surface area (Å²) in [6.45, 7) is 9.92. The van der Waals surface area contributed by atoms with Crippen molar-refractivity contribution in [2.24, 2.45) is 4.99 Å². The fraction of sp³-hybridized carbons (Fsp3) is 0.684. The van der Waals surface area contributed by atoms with Crippen LogP contribution in [0.5, 0.6) is 5.88 Å². The summed E-state index contributed by atoms with van der Waals surface area (Å²) in [7, 11) is 0. The van der Waals surface area contributed by atoms with Crippen LogP contribution in [0.2, 0.25) is 0 Å². The molecular weight excluding hydrogens is 371 g/mol. The summed E-state index contributed by atoms with van der Waals surface area (Å²) in [6.07, 6.45) is -1.50. The van der Waals surface area contributed by atoms with Crippen molar-refractivity contribution in [1.29, 1.82) is 0 Å². The van der Waals surface area contributed by atoms with Crippen LogP contribution in [0, 0.1) is 0 Å². The van der Waals surface area contributed by atoms with Crippen molar-refractivity contribution in [1.82, 2.24) is 20.5 Å². The van der Waals surface area contributed by atoms with E-state index in [-0.39, 0.29) is 12.5 Å². The Morgan fingerprint density at radius 3 is 2.57 bits per heavy atom. The van der Waals surface area contributed by atoms with E-state index in [0.717, 1.165) is 50.7 Å². The molecule has 0 saturated carbocycles. The van der Waals surface area contributed by atoms with Crippen LogP contribution in [0.15, 0.2) is 23.3 Å². The summed E-state index contributed by atoms with van der Waals surface area (Å²) in [5.74, 6) is 0.886. The number of hydrogen-bond acceptors (Lipinski definition) is 4. The summed E-state index contributed by atoms with van der Waals surface area (Å²) < 4.78 is 43.0. The second-order valence-corrected chi connectivity index (χ2v) is 7.04. The van der Waals surface area contributed by atoms with Crippen molar-refractivity contribution in [2.75, 3.05) is 32.8 Å². The smallest absolute Gasteiger partial charge is 0.417 e. The van der Waals surface area contributed by atoms with Gasteiger partial charge in [-0.3, -0.25) is 0 Å². The summed E-state index contributed by atoms with van der Waals surface area (Å²) in [4.78, 5) is 10.6. The number of aliphatic imine (C=N–C) groups is 1. The summed E-state index contributed by atoms with van der Waals surface area (Å²) in [5, 5.41) is 6.67. The zero-order valence-electron chi connectivity index (χ0n) is 16.7. The monoisotopic (exact) mass is 401 g/mol. The molecule has 158 valence electrons. The molecule has 2 N–H and O–H groups in total. The van der Waals surface area contributed by atoms with Crippen molar-refractivity contribution in [3.63, 3.8) is 0 Å². The molecule has 0 aliphatic carbocycles. The van der Waals surface area contributed by atoms with E-state index in [1.54, 1.807) is 0 Å². The largest absolute Gasteiger partial charge is 0.476 e. The first-order valence-corrected chi connectivity index (χ1v) is 9.74. The van der Waals surface area contributed by atoms with E-state index in [1.165, 1.54) is 6.07 Å². The molecule has 2 rings (SSSR count). The van der Waals surface area contributed by atoms with Gasteiger partial charge in [-0.1, -0.05) is 0 Å². The van der Waals surface area contributed by atoms with Gasteiger partial charge in [-0.15, -0.1) is 0 Å². The van der Waals surface area contributed by atoms with E-state index in [2.05, 4.69) is 39.4 Å². The average Bonchev–Trinajstić information content (AvgIpc) is 2.65. The standard InChI is InChI=1S/C19H30F3N5O/c1-4-23-18(26-16-7-10-27(11-8-16)14(2)3)24-9-12-28-17-6-5-15(13-25-17)19(20,21)22/h5-6,13-14,16H,4,7-12H2,1-3H3,(H2,23,24,26). The number of nitrogens with one attached hydrogen (secondary N) is 2. The summed E-state index contributed by atoms with van der Waals surface area (Å²) in [5.41, 5.74) is -0.792. The minimum atomic E-state index is -4.40. The van der Waals surface area contributed by atoms with Crippen LogP contribution in [0.1, 0.15) is 39.2 Å². The predicted molar refractivity (Wildman–Crippen MR) is 104 cm³/mol. The Kier molecular flexibility index (Phi) is 8.35. The normalized spacial score (nSPS) is 17.0. The van der Waals surface area contributed by atoms with Gasteiger partial charge in [0.25, 0.3) is 0 Å². The molecule has 1 aliphatic rings. The van der Waals surface area contributed by atoms with Gasteiger partial charge in [0.05, 0.1) is 12.1 Å². The van der Waals surface area contributed by atoms with E-state index in [9.17, 15) is 13.2 Å². The van der Waals surface area contributed by atoms with Gasteiger partial charge < -0.3 is 20.3 Å². The number of alkyl halides is 3. The Bertz CT molecular complexity index is 611. The van der Waals surface area contributed by atoms with E-state index in [0.29, 0.717) is 18.6 Å². The highest BCUT2D eigenvalue weighted by molar-refractivity contribution is 5.80. The van der Waals surface area contributed by atoms with Gasteiger partial charge in [-0.25, -0.2) is 9.98 Å². The molecule has 1 aromatic heterocycles. The number of pyridine rings is 1. The van der Waals surface area contributed by atoms with E-state index in [1.807, 2.05) is 6.92 Å². The van der Waals surface area contributed by atoms with E-state index in [4.69, 9.17) is 4.74 Å². The quantitative estimate of drug-likeness (QED) is 0.418. The molecule has 0 aromatic carbocycles. The number of hydrogen-bond donors (Lipinski definition) is 2. The molecule has 1 saturated heterocycles. The zero-order chi connectivity index (χ0) is 20.6. The van der Waals surface area contributed by atoms with Crippen LogP contribution < -0.4 is 15.4 Å². The number of nitrogens with zero attached hydrogens (tertiary/aromatic N) is 3. The SMILES string of the molecule is CCNC(=NCCOc1ccc(C(F)(F)F)cn1)NC1CCN(C(C)C)CC1. The Hall–Kier alpha value is -2.03. The fourth-order valence-corrected chi connectivity index (χ4v) is 3.01. The van der Waals surface area contributed by atoms with Gasteiger partial charge >= 0.3 is 6.18 Å².